The molecule has 0 fully saturated rings. The van der Waals surface area contributed by atoms with Crippen LogP contribution in [0.2, 0.25) is 0 Å². The lowest BCUT2D eigenvalue weighted by atomic mass is 10.1. The van der Waals surface area contributed by atoms with Crippen LogP contribution in [0.15, 0.2) is 18.2 Å². The van der Waals surface area contributed by atoms with Gasteiger partial charge in [-0.1, -0.05) is 0 Å². The Hall–Kier alpha value is -1.83. The predicted octanol–water partition coefficient (Wildman–Crippen LogP) is 1.90. The molecular weight excluding hydrogens is 231 g/mol. The quantitative estimate of drug-likeness (QED) is 0.607. The van der Waals surface area contributed by atoms with Crippen LogP contribution in [-0.2, 0) is 0 Å². The average Bonchev–Trinajstić information content (AvgIpc) is 2.14. The van der Waals surface area contributed by atoms with E-state index in [4.69, 9.17) is 10.2 Å². The zero-order valence-electron chi connectivity index (χ0n) is 7.60. The molecule has 0 radical (unpaired) electrons. The van der Waals surface area contributed by atoms with Gasteiger partial charge in [-0.3, -0.25) is 10.1 Å². The zero-order chi connectivity index (χ0) is 12.5. The molecule has 1 rings (SSSR count). The summed E-state index contributed by atoms with van der Waals surface area (Å²) in [6, 6.07) is 1.94. The number of aliphatic hydroxyl groups excluding tert-OH is 1. The highest BCUT2D eigenvalue weighted by Gasteiger charge is 2.39. The van der Waals surface area contributed by atoms with E-state index in [-0.39, 0.29) is 0 Å². The van der Waals surface area contributed by atoms with Crippen LogP contribution < -0.4 is 0 Å². The minimum Gasteiger partial charge on any atom is -0.502 e. The van der Waals surface area contributed by atoms with Crippen LogP contribution in [0.3, 0.4) is 0 Å². The van der Waals surface area contributed by atoms with Crippen molar-refractivity contribution in [2.75, 3.05) is 0 Å². The molecule has 1 aromatic rings. The second-order valence-electron chi connectivity index (χ2n) is 2.95. The van der Waals surface area contributed by atoms with Crippen molar-refractivity contribution in [2.24, 2.45) is 0 Å². The van der Waals surface area contributed by atoms with Gasteiger partial charge in [0.1, 0.15) is 0 Å². The largest absolute Gasteiger partial charge is 0.502 e. The normalized spacial score (nSPS) is 13.5. The van der Waals surface area contributed by atoms with Crippen molar-refractivity contribution in [1.29, 1.82) is 0 Å². The number of alkyl halides is 3. The van der Waals surface area contributed by atoms with Gasteiger partial charge in [0, 0.05) is 6.07 Å². The van der Waals surface area contributed by atoms with E-state index in [0.717, 1.165) is 6.07 Å². The molecule has 0 aliphatic carbocycles. The highest BCUT2D eigenvalue weighted by Crippen LogP contribution is 2.36. The lowest BCUT2D eigenvalue weighted by molar-refractivity contribution is -0.385. The number of nitrogens with zero attached hydrogens (tertiary/aromatic N) is 1. The van der Waals surface area contributed by atoms with Crippen LogP contribution in [0, 0.1) is 10.1 Å². The molecule has 0 bridgehead atoms. The fraction of sp³-hybridized carbons (Fsp3) is 0.250. The van der Waals surface area contributed by atoms with Crippen molar-refractivity contribution < 1.29 is 28.3 Å². The third-order valence-corrected chi connectivity index (χ3v) is 1.82. The highest BCUT2D eigenvalue weighted by atomic mass is 19.4. The van der Waals surface area contributed by atoms with Gasteiger partial charge in [0.25, 0.3) is 0 Å². The summed E-state index contributed by atoms with van der Waals surface area (Å²) in [4.78, 5) is 9.32. The van der Waals surface area contributed by atoms with Gasteiger partial charge in [0.15, 0.2) is 11.9 Å². The number of phenols is 1. The molecule has 0 saturated carbocycles. The maximum absolute atomic E-state index is 12.1. The van der Waals surface area contributed by atoms with Gasteiger partial charge in [0.05, 0.1) is 4.92 Å². The molecule has 0 heterocycles. The molecular formula is C8H6F3NO4. The number of nitro benzene ring substituents is 1. The van der Waals surface area contributed by atoms with Crippen LogP contribution in [0.5, 0.6) is 5.75 Å². The van der Waals surface area contributed by atoms with Crippen molar-refractivity contribution in [3.63, 3.8) is 0 Å². The Kier molecular flexibility index (Phi) is 3.04. The number of aliphatic hydroxyl groups is 1. The molecule has 16 heavy (non-hydrogen) atoms. The van der Waals surface area contributed by atoms with Gasteiger partial charge in [-0.15, -0.1) is 0 Å². The lowest BCUT2D eigenvalue weighted by Gasteiger charge is -2.14. The topological polar surface area (TPSA) is 83.6 Å². The second kappa shape index (κ2) is 3.97. The van der Waals surface area contributed by atoms with Crippen LogP contribution in [0.4, 0.5) is 18.9 Å². The summed E-state index contributed by atoms with van der Waals surface area (Å²) in [7, 11) is 0. The molecule has 0 spiro atoms. The molecule has 5 nitrogen and oxygen atoms in total. The van der Waals surface area contributed by atoms with E-state index in [1.165, 1.54) is 0 Å². The lowest BCUT2D eigenvalue weighted by Crippen LogP contribution is -2.20. The first-order chi connectivity index (χ1) is 7.23. The van der Waals surface area contributed by atoms with Crippen LogP contribution >= 0.6 is 0 Å². The van der Waals surface area contributed by atoms with Crippen molar-refractivity contribution >= 4 is 5.69 Å². The number of nitro groups is 1. The second-order valence-corrected chi connectivity index (χ2v) is 2.95. The summed E-state index contributed by atoms with van der Waals surface area (Å²) in [5.74, 6) is -0.925. The van der Waals surface area contributed by atoms with Gasteiger partial charge in [-0.05, 0) is 17.7 Å². The molecule has 1 aromatic carbocycles. The summed E-state index contributed by atoms with van der Waals surface area (Å²) >= 11 is 0. The zero-order valence-corrected chi connectivity index (χ0v) is 7.60. The Labute approximate surface area is 86.9 Å². The maximum Gasteiger partial charge on any atom is 0.418 e. The van der Waals surface area contributed by atoms with E-state index in [9.17, 15) is 23.3 Å². The van der Waals surface area contributed by atoms with E-state index in [2.05, 4.69) is 0 Å². The molecule has 88 valence electrons. The Balaban J connectivity index is 3.11. The molecule has 0 aliphatic heterocycles. The van der Waals surface area contributed by atoms with Crippen molar-refractivity contribution in [1.82, 2.24) is 0 Å². The number of hydrogen-bond acceptors (Lipinski definition) is 4. The minimum atomic E-state index is -4.89. The molecule has 0 aromatic heterocycles. The Morgan fingerprint density at radius 2 is 1.94 bits per heavy atom. The summed E-state index contributed by atoms with van der Waals surface area (Å²) in [5, 5.41) is 28.1. The van der Waals surface area contributed by atoms with Gasteiger partial charge in [0.2, 0.25) is 0 Å². The minimum absolute atomic E-state index is 0.510. The van der Waals surface area contributed by atoms with Crippen molar-refractivity contribution in [3.8, 4) is 5.75 Å². The SMILES string of the molecule is O=[N+]([O-])c1ccc([C@H](O)C(F)(F)F)cc1O. The molecule has 0 saturated heterocycles. The van der Waals surface area contributed by atoms with Gasteiger partial charge in [-0.2, -0.15) is 13.2 Å². The van der Waals surface area contributed by atoms with E-state index in [1.807, 2.05) is 0 Å². The monoisotopic (exact) mass is 237 g/mol. The van der Waals surface area contributed by atoms with Crippen molar-refractivity contribution in [2.45, 2.75) is 12.3 Å². The van der Waals surface area contributed by atoms with Gasteiger partial charge >= 0.3 is 11.9 Å². The Morgan fingerprint density at radius 3 is 2.31 bits per heavy atom. The number of halogens is 3. The first kappa shape index (κ1) is 12.2. The maximum atomic E-state index is 12.1. The highest BCUT2D eigenvalue weighted by molar-refractivity contribution is 5.47. The summed E-state index contributed by atoms with van der Waals surface area (Å²) in [5.41, 5.74) is -1.38. The summed E-state index contributed by atoms with van der Waals surface area (Å²) < 4.78 is 36.2. The number of rotatable bonds is 2. The molecule has 1 atom stereocenters. The molecule has 0 unspecified atom stereocenters. The molecule has 8 heteroatoms. The number of aromatic hydroxyl groups is 1. The molecule has 2 N–H and O–H groups in total. The number of hydrogen-bond donors (Lipinski definition) is 2. The first-order valence-corrected chi connectivity index (χ1v) is 3.95. The van der Waals surface area contributed by atoms with Crippen LogP contribution in [0.1, 0.15) is 11.7 Å². The van der Waals surface area contributed by atoms with E-state index in [1.54, 1.807) is 0 Å². The first-order valence-electron chi connectivity index (χ1n) is 3.95. The Bertz CT molecular complexity index is 418. The standard InChI is InChI=1S/C8H6F3NO4/c9-8(10,11)7(14)4-1-2-5(12(15)16)6(13)3-4/h1-3,7,13-14H/t7-/m0/s1. The Morgan fingerprint density at radius 1 is 1.38 bits per heavy atom. The average molecular weight is 237 g/mol. The summed E-state index contributed by atoms with van der Waals surface area (Å²) in [6.07, 6.45) is -7.66. The molecule has 0 aliphatic rings. The van der Waals surface area contributed by atoms with E-state index < -0.39 is 34.2 Å². The summed E-state index contributed by atoms with van der Waals surface area (Å²) in [6.45, 7) is 0. The van der Waals surface area contributed by atoms with Crippen LogP contribution in [0.25, 0.3) is 0 Å². The fourth-order valence-corrected chi connectivity index (χ4v) is 1.05. The van der Waals surface area contributed by atoms with Gasteiger partial charge < -0.3 is 10.2 Å². The number of benzene rings is 1. The number of phenolic OH excluding ortho intramolecular Hbond substituents is 1. The van der Waals surface area contributed by atoms with E-state index in [0.29, 0.717) is 12.1 Å². The van der Waals surface area contributed by atoms with Crippen LogP contribution in [-0.4, -0.2) is 21.3 Å². The third-order valence-electron chi connectivity index (χ3n) is 1.82. The van der Waals surface area contributed by atoms with Gasteiger partial charge in [-0.25, -0.2) is 0 Å². The smallest absolute Gasteiger partial charge is 0.418 e. The molecule has 0 amide bonds. The fourth-order valence-electron chi connectivity index (χ4n) is 1.05. The third kappa shape index (κ3) is 2.40. The van der Waals surface area contributed by atoms with Crippen molar-refractivity contribution in [3.05, 3.63) is 33.9 Å². The predicted molar refractivity (Wildman–Crippen MR) is 45.8 cm³/mol. The van der Waals surface area contributed by atoms with E-state index >= 15 is 0 Å².